The van der Waals surface area contributed by atoms with Crippen molar-refractivity contribution in [1.29, 1.82) is 0 Å². The Morgan fingerprint density at radius 3 is 2.37 bits per heavy atom. The van der Waals surface area contributed by atoms with Crippen molar-refractivity contribution in [1.82, 2.24) is 25.5 Å². The summed E-state index contributed by atoms with van der Waals surface area (Å²) in [5.74, 6) is -0.863. The van der Waals surface area contributed by atoms with Crippen LogP contribution in [-0.4, -0.2) is 57.6 Å². The van der Waals surface area contributed by atoms with E-state index in [2.05, 4.69) is 25.5 Å². The molecule has 1 heterocycles. The molecular formula is C28H29N5O5. The van der Waals surface area contributed by atoms with Gasteiger partial charge in [0.15, 0.2) is 0 Å². The number of benzene rings is 3. The number of alkyl carbamates (subject to hydrolysis) is 1. The first-order valence-electron chi connectivity index (χ1n) is 12.1. The summed E-state index contributed by atoms with van der Waals surface area (Å²) in [7, 11) is 1.98. The molecule has 4 aromatic rings. The molecule has 3 aromatic carbocycles. The monoisotopic (exact) mass is 515 g/mol. The fraction of sp³-hybridized carbons (Fsp3) is 0.214. The van der Waals surface area contributed by atoms with Crippen molar-refractivity contribution in [3.63, 3.8) is 0 Å². The molecule has 0 aliphatic heterocycles. The van der Waals surface area contributed by atoms with Gasteiger partial charge in [-0.3, -0.25) is 9.69 Å². The van der Waals surface area contributed by atoms with Crippen LogP contribution in [0, 0.1) is 0 Å². The number of aromatic nitrogens is 2. The zero-order chi connectivity index (χ0) is 26.9. The molecule has 10 nitrogen and oxygen atoms in total. The average Bonchev–Trinajstić information content (AvgIpc) is 3.32. The number of rotatable bonds is 11. The minimum Gasteiger partial charge on any atom is -0.480 e. The van der Waals surface area contributed by atoms with Crippen molar-refractivity contribution >= 4 is 29.0 Å². The third kappa shape index (κ3) is 7.40. The van der Waals surface area contributed by atoms with Gasteiger partial charge in [-0.1, -0.05) is 54.6 Å². The number of carboxylic acid groups (broad SMARTS) is 1. The van der Waals surface area contributed by atoms with Gasteiger partial charge in [-0.2, -0.15) is 0 Å². The van der Waals surface area contributed by atoms with Crippen molar-refractivity contribution in [3.05, 3.63) is 101 Å². The van der Waals surface area contributed by atoms with Gasteiger partial charge >= 0.3 is 12.1 Å². The van der Waals surface area contributed by atoms with E-state index in [1.165, 1.54) is 0 Å². The summed E-state index contributed by atoms with van der Waals surface area (Å²) in [6.07, 6.45) is -0.883. The molecule has 38 heavy (non-hydrogen) atoms. The number of hydrogen-bond acceptors (Lipinski definition) is 6. The summed E-state index contributed by atoms with van der Waals surface area (Å²) in [5.41, 5.74) is 4.08. The molecule has 0 radical (unpaired) electrons. The molecule has 0 spiro atoms. The molecule has 10 heteroatoms. The number of carbonyl (C=O) groups excluding carboxylic acids is 2. The first-order chi connectivity index (χ1) is 18.4. The van der Waals surface area contributed by atoms with Gasteiger partial charge in [0, 0.05) is 18.7 Å². The number of nitrogens with zero attached hydrogens (tertiary/aromatic N) is 2. The van der Waals surface area contributed by atoms with Gasteiger partial charge in [0.2, 0.25) is 0 Å². The molecule has 0 fully saturated rings. The highest BCUT2D eigenvalue weighted by atomic mass is 16.5. The SMILES string of the molecule is CN(Cc1ccc(C(=O)NCC(NC(=O)OCc2ccccc2)C(=O)O)cc1)Cc1nc2ccccc2[nH]1. The van der Waals surface area contributed by atoms with E-state index in [1.807, 2.05) is 49.5 Å². The number of nitrogens with one attached hydrogen (secondary N) is 3. The Bertz CT molecular complexity index is 1350. The molecule has 196 valence electrons. The molecule has 0 saturated heterocycles. The number of carboxylic acids is 1. The lowest BCUT2D eigenvalue weighted by Gasteiger charge is -2.16. The zero-order valence-corrected chi connectivity index (χ0v) is 20.9. The molecule has 0 saturated carbocycles. The van der Waals surface area contributed by atoms with Gasteiger partial charge in [0.25, 0.3) is 5.91 Å². The molecule has 0 aliphatic carbocycles. The predicted molar refractivity (Wildman–Crippen MR) is 141 cm³/mol. The molecular weight excluding hydrogens is 486 g/mol. The van der Waals surface area contributed by atoms with E-state index >= 15 is 0 Å². The van der Waals surface area contributed by atoms with Gasteiger partial charge in [-0.05, 0) is 42.4 Å². The molecule has 0 aliphatic rings. The summed E-state index contributed by atoms with van der Waals surface area (Å²) in [5, 5.41) is 14.2. The van der Waals surface area contributed by atoms with Crippen LogP contribution < -0.4 is 10.6 Å². The Morgan fingerprint density at radius 1 is 0.947 bits per heavy atom. The van der Waals surface area contributed by atoms with E-state index in [0.29, 0.717) is 18.7 Å². The number of hydrogen-bond donors (Lipinski definition) is 4. The Hall–Kier alpha value is -4.70. The maximum atomic E-state index is 12.6. The Kier molecular flexibility index (Phi) is 8.68. The molecule has 0 bridgehead atoms. The van der Waals surface area contributed by atoms with Crippen molar-refractivity contribution in [2.24, 2.45) is 0 Å². The number of H-pyrrole nitrogens is 1. The second-order valence-corrected chi connectivity index (χ2v) is 8.88. The number of fused-ring (bicyclic) bond motifs is 1. The number of ether oxygens (including phenoxy) is 1. The molecule has 2 amide bonds. The van der Waals surface area contributed by atoms with Gasteiger partial charge in [-0.25, -0.2) is 14.6 Å². The van der Waals surface area contributed by atoms with Crippen LogP contribution in [0.25, 0.3) is 11.0 Å². The van der Waals surface area contributed by atoms with Crippen molar-refractivity contribution in [2.45, 2.75) is 25.7 Å². The highest BCUT2D eigenvalue weighted by molar-refractivity contribution is 5.94. The van der Waals surface area contributed by atoms with E-state index in [1.54, 1.807) is 36.4 Å². The number of aliphatic carboxylic acids is 1. The van der Waals surface area contributed by atoms with Crippen LogP contribution in [0.3, 0.4) is 0 Å². The minimum absolute atomic E-state index is 0.00514. The number of amides is 2. The minimum atomic E-state index is -1.34. The summed E-state index contributed by atoms with van der Waals surface area (Å²) < 4.78 is 5.06. The number of imidazole rings is 1. The predicted octanol–water partition coefficient (Wildman–Crippen LogP) is 3.30. The maximum absolute atomic E-state index is 12.6. The zero-order valence-electron chi connectivity index (χ0n) is 20.9. The summed E-state index contributed by atoms with van der Waals surface area (Å²) in [6.45, 7) is 0.991. The van der Waals surface area contributed by atoms with Crippen molar-refractivity contribution in [2.75, 3.05) is 13.6 Å². The van der Waals surface area contributed by atoms with Gasteiger partial charge in [-0.15, -0.1) is 0 Å². The van der Waals surface area contributed by atoms with Crippen LogP contribution in [0.5, 0.6) is 0 Å². The van der Waals surface area contributed by atoms with Gasteiger partial charge in [0.05, 0.1) is 17.6 Å². The fourth-order valence-electron chi connectivity index (χ4n) is 3.87. The largest absolute Gasteiger partial charge is 0.480 e. The van der Waals surface area contributed by atoms with E-state index in [0.717, 1.165) is 28.0 Å². The van der Waals surface area contributed by atoms with Gasteiger partial charge < -0.3 is 25.5 Å². The van der Waals surface area contributed by atoms with Crippen LogP contribution in [-0.2, 0) is 29.2 Å². The lowest BCUT2D eigenvalue weighted by Crippen LogP contribution is -2.48. The third-order valence-corrected chi connectivity index (χ3v) is 5.80. The van der Waals surface area contributed by atoms with E-state index < -0.39 is 24.0 Å². The first-order valence-corrected chi connectivity index (χ1v) is 12.1. The number of para-hydroxylation sites is 2. The fourth-order valence-corrected chi connectivity index (χ4v) is 3.87. The summed E-state index contributed by atoms with van der Waals surface area (Å²) in [6, 6.07) is 22.6. The second-order valence-electron chi connectivity index (χ2n) is 8.88. The van der Waals surface area contributed by atoms with Crippen LogP contribution in [0.1, 0.15) is 27.3 Å². The van der Waals surface area contributed by atoms with Gasteiger partial charge in [0.1, 0.15) is 18.5 Å². The topological polar surface area (TPSA) is 137 Å². The molecule has 1 atom stereocenters. The number of aromatic amines is 1. The van der Waals surface area contributed by atoms with E-state index in [4.69, 9.17) is 4.74 Å². The lowest BCUT2D eigenvalue weighted by molar-refractivity contribution is -0.139. The number of carbonyl (C=O) groups is 3. The van der Waals surface area contributed by atoms with Crippen LogP contribution in [0.2, 0.25) is 0 Å². The molecule has 1 unspecified atom stereocenters. The average molecular weight is 516 g/mol. The molecule has 4 rings (SSSR count). The standard InChI is InChI=1S/C28H29N5O5/c1-33(17-25-30-22-9-5-6-10-23(22)31-25)16-19-11-13-21(14-12-19)26(34)29-15-24(27(35)36)32-28(37)38-18-20-7-3-2-4-8-20/h2-14,24H,15-18H2,1H3,(H,29,34)(H,30,31)(H,32,37)(H,35,36). The normalized spacial score (nSPS) is 11.7. The summed E-state index contributed by atoms with van der Waals surface area (Å²) in [4.78, 5) is 46.1. The van der Waals surface area contributed by atoms with E-state index in [9.17, 15) is 19.5 Å². The van der Waals surface area contributed by atoms with Crippen LogP contribution in [0.4, 0.5) is 4.79 Å². The molecule has 4 N–H and O–H groups in total. The summed E-state index contributed by atoms with van der Waals surface area (Å²) >= 11 is 0. The Labute approximate surface area is 219 Å². The highest BCUT2D eigenvalue weighted by Crippen LogP contribution is 2.13. The van der Waals surface area contributed by atoms with E-state index in [-0.39, 0.29) is 13.2 Å². The van der Waals surface area contributed by atoms with Crippen molar-refractivity contribution in [3.8, 4) is 0 Å². The smallest absolute Gasteiger partial charge is 0.408 e. The quantitative estimate of drug-likeness (QED) is 0.241. The molecule has 1 aromatic heterocycles. The Balaban J connectivity index is 1.24. The second kappa shape index (κ2) is 12.5. The highest BCUT2D eigenvalue weighted by Gasteiger charge is 2.22. The first kappa shape index (κ1) is 26.4. The lowest BCUT2D eigenvalue weighted by atomic mass is 10.1. The van der Waals surface area contributed by atoms with Crippen LogP contribution >= 0.6 is 0 Å². The maximum Gasteiger partial charge on any atom is 0.408 e. The third-order valence-electron chi connectivity index (χ3n) is 5.80. The Morgan fingerprint density at radius 2 is 1.66 bits per heavy atom. The van der Waals surface area contributed by atoms with Crippen LogP contribution in [0.15, 0.2) is 78.9 Å². The van der Waals surface area contributed by atoms with Crippen molar-refractivity contribution < 1.29 is 24.2 Å².